The molecule has 2 N–H and O–H groups in total. The Morgan fingerprint density at radius 1 is 1.19 bits per heavy atom. The number of benzene rings is 1. The number of aromatic carboxylic acids is 1. The van der Waals surface area contributed by atoms with E-state index in [1.807, 2.05) is 30.9 Å². The Bertz CT molecular complexity index is 1040. The van der Waals surface area contributed by atoms with Crippen LogP contribution in [0, 0.1) is 6.92 Å². The first-order valence-electron chi connectivity index (χ1n) is 11.1. The van der Waals surface area contributed by atoms with E-state index in [2.05, 4.69) is 21.9 Å². The van der Waals surface area contributed by atoms with E-state index in [1.165, 1.54) is 4.68 Å². The number of hydrogen-bond donors (Lipinski definition) is 2. The molecule has 0 saturated carbocycles. The van der Waals surface area contributed by atoms with E-state index in [-0.39, 0.29) is 11.6 Å². The third-order valence-electron chi connectivity index (χ3n) is 6.73. The smallest absolute Gasteiger partial charge is 0.344 e. The number of piperidine rings is 1. The number of allylic oxidation sites excluding steroid dienone is 1. The molecule has 2 saturated heterocycles. The molecule has 2 fully saturated rings. The van der Waals surface area contributed by atoms with Crippen LogP contribution in [0.3, 0.4) is 0 Å². The fourth-order valence-corrected chi connectivity index (χ4v) is 5.07. The lowest BCUT2D eigenvalue weighted by Crippen LogP contribution is -2.53. The summed E-state index contributed by atoms with van der Waals surface area (Å²) >= 11 is 0. The monoisotopic (exact) mass is 437 g/mol. The maximum atomic E-state index is 12.9. The van der Waals surface area contributed by atoms with Crippen molar-refractivity contribution >= 4 is 17.8 Å². The van der Waals surface area contributed by atoms with E-state index in [1.54, 1.807) is 18.3 Å². The highest BCUT2D eigenvalue weighted by atomic mass is 16.4. The molecule has 32 heavy (non-hydrogen) atoms. The zero-order chi connectivity index (χ0) is 22.9. The number of carbonyl (C=O) groups excluding carboxylic acids is 1. The highest BCUT2D eigenvalue weighted by Crippen LogP contribution is 2.39. The molecular formula is C24H31N5O3. The van der Waals surface area contributed by atoms with Crippen molar-refractivity contribution in [1.29, 1.82) is 0 Å². The molecule has 0 bridgehead atoms. The van der Waals surface area contributed by atoms with Gasteiger partial charge in [0, 0.05) is 43.1 Å². The second-order valence-corrected chi connectivity index (χ2v) is 9.02. The molecule has 4 rings (SSSR count). The first-order valence-corrected chi connectivity index (χ1v) is 11.1. The van der Waals surface area contributed by atoms with Crippen molar-refractivity contribution in [3.8, 4) is 0 Å². The van der Waals surface area contributed by atoms with E-state index in [0.29, 0.717) is 24.5 Å². The Hall–Kier alpha value is -3.13. The molecule has 8 nitrogen and oxygen atoms in total. The van der Waals surface area contributed by atoms with Gasteiger partial charge in [0.05, 0.1) is 5.56 Å². The summed E-state index contributed by atoms with van der Waals surface area (Å²) in [7, 11) is 0. The molecule has 0 unspecified atom stereocenters. The Kier molecular flexibility index (Phi) is 6.06. The summed E-state index contributed by atoms with van der Waals surface area (Å²) < 4.78 is 1.39. The lowest BCUT2D eigenvalue weighted by molar-refractivity contribution is 0.0584. The number of carboxylic acids is 1. The van der Waals surface area contributed by atoms with Crippen LogP contribution in [0.2, 0.25) is 0 Å². The number of nitrogens with zero attached hydrogens (tertiary/aromatic N) is 4. The minimum atomic E-state index is -0.886. The molecule has 170 valence electrons. The largest absolute Gasteiger partial charge is 0.478 e. The Morgan fingerprint density at radius 2 is 1.94 bits per heavy atom. The van der Waals surface area contributed by atoms with Crippen molar-refractivity contribution in [2.45, 2.75) is 51.6 Å². The third kappa shape index (κ3) is 4.41. The van der Waals surface area contributed by atoms with Crippen LogP contribution in [0.1, 0.15) is 54.1 Å². The van der Waals surface area contributed by atoms with Crippen LogP contribution < -0.4 is 5.32 Å². The van der Waals surface area contributed by atoms with Gasteiger partial charge in [-0.3, -0.25) is 4.90 Å². The van der Waals surface area contributed by atoms with Gasteiger partial charge in [0.15, 0.2) is 5.82 Å². The quantitative estimate of drug-likeness (QED) is 0.737. The van der Waals surface area contributed by atoms with Crippen molar-refractivity contribution in [2.24, 2.45) is 0 Å². The minimum absolute atomic E-state index is 0.0981. The molecule has 2 aromatic rings. The van der Waals surface area contributed by atoms with Crippen molar-refractivity contribution in [1.82, 2.24) is 19.6 Å². The van der Waals surface area contributed by atoms with E-state index in [0.717, 1.165) is 55.6 Å². The predicted octanol–water partition coefficient (Wildman–Crippen LogP) is 3.93. The van der Waals surface area contributed by atoms with Crippen LogP contribution in [0.4, 0.5) is 10.6 Å². The van der Waals surface area contributed by atoms with Crippen molar-refractivity contribution < 1.29 is 14.7 Å². The molecule has 1 aromatic carbocycles. The van der Waals surface area contributed by atoms with Gasteiger partial charge in [-0.25, -0.2) is 9.59 Å². The number of carbonyl (C=O) groups is 2. The van der Waals surface area contributed by atoms with Crippen LogP contribution in [0.5, 0.6) is 0 Å². The van der Waals surface area contributed by atoms with Gasteiger partial charge in [0.2, 0.25) is 0 Å². The lowest BCUT2D eigenvalue weighted by atomic mass is 9.84. The molecule has 8 heteroatoms. The SMILES string of the molecule is C=C(C)Nc1ccn(C(=O)N2CCC3(CCCN3Cc3ccc(C(=O)O)c(C)c3)CC2)n1. The fourth-order valence-electron chi connectivity index (χ4n) is 5.07. The van der Waals surface area contributed by atoms with Crippen LogP contribution in [-0.4, -0.2) is 61.9 Å². The van der Waals surface area contributed by atoms with Gasteiger partial charge in [0.1, 0.15) is 0 Å². The summed E-state index contributed by atoms with van der Waals surface area (Å²) in [6.07, 6.45) is 5.83. The van der Waals surface area contributed by atoms with E-state index < -0.39 is 5.97 Å². The summed E-state index contributed by atoms with van der Waals surface area (Å²) in [5.41, 5.74) is 3.17. The van der Waals surface area contributed by atoms with Crippen molar-refractivity contribution in [3.05, 3.63) is 59.4 Å². The van der Waals surface area contributed by atoms with Gasteiger partial charge < -0.3 is 15.3 Å². The number of aryl methyl sites for hydroxylation is 1. The number of anilines is 1. The lowest BCUT2D eigenvalue weighted by Gasteiger charge is -2.45. The number of nitrogens with one attached hydrogen (secondary N) is 1. The summed E-state index contributed by atoms with van der Waals surface area (Å²) in [6, 6.07) is 7.30. The van der Waals surface area contributed by atoms with Crippen LogP contribution in [-0.2, 0) is 6.54 Å². The number of aromatic nitrogens is 2. The van der Waals surface area contributed by atoms with E-state index in [4.69, 9.17) is 0 Å². The molecule has 2 aliphatic heterocycles. The first kappa shape index (κ1) is 22.1. The van der Waals surface area contributed by atoms with Gasteiger partial charge in [-0.05, 0) is 63.3 Å². The standard InChI is InChI=1S/C24H31N5O3/c1-17(2)25-21-7-12-29(26-21)23(32)27-13-9-24(10-14-27)8-4-11-28(24)16-19-5-6-20(22(30)31)18(3)15-19/h5-7,12,15H,1,4,8-11,13-14,16H2,2-3H3,(H,25,26)(H,30,31). The maximum Gasteiger partial charge on any atom is 0.344 e. The number of hydrogen-bond acceptors (Lipinski definition) is 5. The van der Waals surface area contributed by atoms with Gasteiger partial charge in [-0.15, -0.1) is 5.10 Å². The molecule has 1 aromatic heterocycles. The summed E-state index contributed by atoms with van der Waals surface area (Å²) in [5.74, 6) is -0.269. The fraction of sp³-hybridized carbons (Fsp3) is 0.458. The Labute approximate surface area is 188 Å². The van der Waals surface area contributed by atoms with E-state index in [9.17, 15) is 14.7 Å². The molecule has 1 amide bonds. The molecule has 0 atom stereocenters. The third-order valence-corrected chi connectivity index (χ3v) is 6.73. The first-order chi connectivity index (χ1) is 15.3. The number of rotatable bonds is 5. The molecule has 3 heterocycles. The normalized spacial score (nSPS) is 18.1. The van der Waals surface area contributed by atoms with Gasteiger partial charge in [0.25, 0.3) is 0 Å². The number of amides is 1. The van der Waals surface area contributed by atoms with Gasteiger partial charge >= 0.3 is 12.0 Å². The highest BCUT2D eigenvalue weighted by molar-refractivity contribution is 5.89. The molecule has 0 radical (unpaired) electrons. The van der Waals surface area contributed by atoms with Crippen LogP contribution >= 0.6 is 0 Å². The zero-order valence-electron chi connectivity index (χ0n) is 18.8. The minimum Gasteiger partial charge on any atom is -0.478 e. The predicted molar refractivity (Wildman–Crippen MR) is 123 cm³/mol. The second-order valence-electron chi connectivity index (χ2n) is 9.02. The molecular weight excluding hydrogens is 406 g/mol. The number of likely N-dealkylation sites (tertiary alicyclic amines) is 2. The number of carboxylic acid groups (broad SMARTS) is 1. The second kappa shape index (κ2) is 8.78. The van der Waals surface area contributed by atoms with Crippen LogP contribution in [0.15, 0.2) is 42.7 Å². The zero-order valence-corrected chi connectivity index (χ0v) is 18.8. The Balaban J connectivity index is 1.40. The highest BCUT2D eigenvalue weighted by Gasteiger charge is 2.43. The summed E-state index contributed by atoms with van der Waals surface area (Å²) in [5, 5.41) is 16.6. The van der Waals surface area contributed by atoms with Crippen molar-refractivity contribution in [2.75, 3.05) is 25.0 Å². The Morgan fingerprint density at radius 3 is 2.59 bits per heavy atom. The van der Waals surface area contributed by atoms with E-state index >= 15 is 0 Å². The maximum absolute atomic E-state index is 12.9. The summed E-state index contributed by atoms with van der Waals surface area (Å²) in [6.45, 7) is 10.7. The average molecular weight is 438 g/mol. The summed E-state index contributed by atoms with van der Waals surface area (Å²) in [4.78, 5) is 28.6. The van der Waals surface area contributed by atoms with Gasteiger partial charge in [-0.2, -0.15) is 4.68 Å². The van der Waals surface area contributed by atoms with Crippen LogP contribution in [0.25, 0.3) is 0 Å². The topological polar surface area (TPSA) is 90.7 Å². The van der Waals surface area contributed by atoms with Crippen molar-refractivity contribution in [3.63, 3.8) is 0 Å². The molecule has 1 spiro atoms. The average Bonchev–Trinajstić information content (AvgIpc) is 3.35. The van der Waals surface area contributed by atoms with Gasteiger partial charge in [-0.1, -0.05) is 18.7 Å². The molecule has 2 aliphatic rings. The molecule has 0 aliphatic carbocycles.